The Morgan fingerprint density at radius 2 is 2.15 bits per heavy atom. The molecule has 1 atom stereocenters. The Balaban J connectivity index is 2.25. The van der Waals surface area contributed by atoms with Crippen LogP contribution in [0.15, 0.2) is 0 Å². The van der Waals surface area contributed by atoms with Crippen molar-refractivity contribution in [3.63, 3.8) is 0 Å². The van der Waals surface area contributed by atoms with Crippen LogP contribution in [0.25, 0.3) is 0 Å². The molecule has 13 heavy (non-hydrogen) atoms. The lowest BCUT2D eigenvalue weighted by molar-refractivity contribution is -0.122. The third kappa shape index (κ3) is 4.12. The molecule has 1 unspecified atom stereocenters. The lowest BCUT2D eigenvalue weighted by atomic mass is 10.1. The highest BCUT2D eigenvalue weighted by atomic mass is 79.9. The van der Waals surface area contributed by atoms with E-state index >= 15 is 0 Å². The van der Waals surface area contributed by atoms with Gasteiger partial charge in [0.25, 0.3) is 0 Å². The maximum atomic E-state index is 11.4. The minimum absolute atomic E-state index is 0.255. The Kier molecular flexibility index (Phi) is 4.23. The van der Waals surface area contributed by atoms with Crippen molar-refractivity contribution >= 4 is 21.8 Å². The smallest absolute Gasteiger partial charge is 0.223 e. The first-order chi connectivity index (χ1) is 6.13. The summed E-state index contributed by atoms with van der Waals surface area (Å²) in [5.74, 6) is 1.22. The molecule has 0 aromatic carbocycles. The molecule has 0 radical (unpaired) electrons. The second-order valence-electron chi connectivity index (χ2n) is 4.26. The summed E-state index contributed by atoms with van der Waals surface area (Å²) in [7, 11) is 0. The van der Waals surface area contributed by atoms with Crippen LogP contribution < -0.4 is 5.32 Å². The summed E-state index contributed by atoms with van der Waals surface area (Å²) in [6, 6.07) is 0.313. The van der Waals surface area contributed by atoms with Gasteiger partial charge in [0, 0.05) is 17.3 Å². The number of alkyl halides is 1. The standard InChI is InChI=1S/C10H18BrNO/c1-7(2)5-9(6-11)12-10(13)8-3-4-8/h7-9H,3-6H2,1-2H3,(H,12,13). The van der Waals surface area contributed by atoms with Gasteiger partial charge < -0.3 is 5.32 Å². The van der Waals surface area contributed by atoms with E-state index in [-0.39, 0.29) is 5.91 Å². The van der Waals surface area contributed by atoms with Crippen molar-refractivity contribution in [2.24, 2.45) is 11.8 Å². The molecule has 1 aliphatic rings. The van der Waals surface area contributed by atoms with Crippen LogP contribution >= 0.6 is 15.9 Å². The summed E-state index contributed by atoms with van der Waals surface area (Å²) in [4.78, 5) is 11.4. The number of carbonyl (C=O) groups excluding carboxylic acids is 1. The van der Waals surface area contributed by atoms with Gasteiger partial charge in [-0.1, -0.05) is 29.8 Å². The van der Waals surface area contributed by atoms with Gasteiger partial charge in [0.1, 0.15) is 0 Å². The Bertz CT molecular complexity index is 178. The highest BCUT2D eigenvalue weighted by molar-refractivity contribution is 9.09. The van der Waals surface area contributed by atoms with Crippen molar-refractivity contribution < 1.29 is 4.79 Å². The van der Waals surface area contributed by atoms with Crippen molar-refractivity contribution in [3.8, 4) is 0 Å². The van der Waals surface area contributed by atoms with Gasteiger partial charge in [-0.2, -0.15) is 0 Å². The van der Waals surface area contributed by atoms with Crippen molar-refractivity contribution in [1.29, 1.82) is 0 Å². The van der Waals surface area contributed by atoms with Crippen molar-refractivity contribution in [2.45, 2.75) is 39.2 Å². The SMILES string of the molecule is CC(C)CC(CBr)NC(=O)C1CC1. The fourth-order valence-electron chi connectivity index (χ4n) is 1.39. The molecule has 1 aliphatic carbocycles. The van der Waals surface area contributed by atoms with E-state index < -0.39 is 0 Å². The molecule has 2 nitrogen and oxygen atoms in total. The molecule has 1 fully saturated rings. The average Bonchev–Trinajstić information content (AvgIpc) is 2.84. The van der Waals surface area contributed by atoms with E-state index in [0.29, 0.717) is 17.9 Å². The van der Waals surface area contributed by atoms with Crippen molar-refractivity contribution in [3.05, 3.63) is 0 Å². The molecule has 0 bridgehead atoms. The van der Waals surface area contributed by atoms with Gasteiger partial charge in [0.2, 0.25) is 5.91 Å². The van der Waals surface area contributed by atoms with E-state index in [1.165, 1.54) is 0 Å². The van der Waals surface area contributed by atoms with Gasteiger partial charge >= 0.3 is 0 Å². The predicted molar refractivity (Wildman–Crippen MR) is 57.9 cm³/mol. The Morgan fingerprint density at radius 1 is 1.54 bits per heavy atom. The first kappa shape index (κ1) is 11.0. The van der Waals surface area contributed by atoms with Gasteiger partial charge in [-0.15, -0.1) is 0 Å². The van der Waals surface area contributed by atoms with E-state index in [1.54, 1.807) is 0 Å². The molecule has 0 aromatic rings. The maximum absolute atomic E-state index is 11.4. The molecule has 1 amide bonds. The number of halogens is 1. The lowest BCUT2D eigenvalue weighted by Crippen LogP contribution is -2.37. The van der Waals surface area contributed by atoms with Crippen LogP contribution in [0.1, 0.15) is 33.1 Å². The number of carbonyl (C=O) groups is 1. The zero-order valence-electron chi connectivity index (χ0n) is 8.35. The van der Waals surface area contributed by atoms with E-state index in [9.17, 15) is 4.79 Å². The third-order valence-electron chi connectivity index (χ3n) is 2.24. The molecule has 0 aliphatic heterocycles. The monoisotopic (exact) mass is 247 g/mol. The molecule has 1 rings (SSSR count). The number of nitrogens with one attached hydrogen (secondary N) is 1. The Hall–Kier alpha value is -0.0500. The average molecular weight is 248 g/mol. The van der Waals surface area contributed by atoms with E-state index in [1.807, 2.05) is 0 Å². The first-order valence-corrected chi connectivity index (χ1v) is 6.12. The zero-order chi connectivity index (χ0) is 9.84. The highest BCUT2D eigenvalue weighted by Gasteiger charge is 2.30. The second-order valence-corrected chi connectivity index (χ2v) is 4.91. The normalized spacial score (nSPS) is 18.8. The minimum Gasteiger partial charge on any atom is -0.352 e. The third-order valence-corrected chi connectivity index (χ3v) is 3.02. The van der Waals surface area contributed by atoms with Crippen molar-refractivity contribution in [1.82, 2.24) is 5.32 Å². The lowest BCUT2D eigenvalue weighted by Gasteiger charge is -2.17. The van der Waals surface area contributed by atoms with Crippen LogP contribution in [-0.4, -0.2) is 17.3 Å². The van der Waals surface area contributed by atoms with Gasteiger partial charge in [0.05, 0.1) is 0 Å². The summed E-state index contributed by atoms with van der Waals surface area (Å²) in [6.07, 6.45) is 3.23. The van der Waals surface area contributed by atoms with Gasteiger partial charge in [-0.3, -0.25) is 4.79 Å². The molecule has 0 spiro atoms. The van der Waals surface area contributed by atoms with Crippen LogP contribution in [0.3, 0.4) is 0 Å². The molecular formula is C10H18BrNO. The van der Waals surface area contributed by atoms with Crippen LogP contribution in [0.4, 0.5) is 0 Å². The van der Waals surface area contributed by atoms with Crippen LogP contribution in [0.5, 0.6) is 0 Å². The van der Waals surface area contributed by atoms with Crippen LogP contribution in [0.2, 0.25) is 0 Å². The fraction of sp³-hybridized carbons (Fsp3) is 0.900. The molecule has 0 aromatic heterocycles. The van der Waals surface area contributed by atoms with Gasteiger partial charge in [0.15, 0.2) is 0 Å². The molecule has 76 valence electrons. The van der Waals surface area contributed by atoms with Crippen LogP contribution in [0, 0.1) is 11.8 Å². The van der Waals surface area contributed by atoms with E-state index in [0.717, 1.165) is 24.6 Å². The zero-order valence-corrected chi connectivity index (χ0v) is 9.93. The summed E-state index contributed by atoms with van der Waals surface area (Å²) in [5.41, 5.74) is 0. The van der Waals surface area contributed by atoms with Crippen molar-refractivity contribution in [2.75, 3.05) is 5.33 Å². The molecular weight excluding hydrogens is 230 g/mol. The van der Waals surface area contributed by atoms with Gasteiger partial charge in [-0.25, -0.2) is 0 Å². The quantitative estimate of drug-likeness (QED) is 0.743. The topological polar surface area (TPSA) is 29.1 Å². The first-order valence-electron chi connectivity index (χ1n) is 4.99. The number of rotatable bonds is 5. The molecule has 1 N–H and O–H groups in total. The van der Waals surface area contributed by atoms with E-state index in [2.05, 4.69) is 35.1 Å². The Morgan fingerprint density at radius 3 is 2.54 bits per heavy atom. The maximum Gasteiger partial charge on any atom is 0.223 e. The number of hydrogen-bond acceptors (Lipinski definition) is 1. The number of amides is 1. The summed E-state index contributed by atoms with van der Waals surface area (Å²) >= 11 is 3.43. The largest absolute Gasteiger partial charge is 0.352 e. The molecule has 3 heteroatoms. The summed E-state index contributed by atoms with van der Waals surface area (Å²) in [6.45, 7) is 4.36. The Labute approximate surface area is 88.6 Å². The molecule has 0 heterocycles. The summed E-state index contributed by atoms with van der Waals surface area (Å²) < 4.78 is 0. The summed E-state index contributed by atoms with van der Waals surface area (Å²) in [5, 5.41) is 3.94. The predicted octanol–water partition coefficient (Wildman–Crippen LogP) is 2.32. The number of hydrogen-bond donors (Lipinski definition) is 1. The molecule has 1 saturated carbocycles. The van der Waals surface area contributed by atoms with E-state index in [4.69, 9.17) is 0 Å². The fourth-order valence-corrected chi connectivity index (χ4v) is 1.82. The van der Waals surface area contributed by atoms with Gasteiger partial charge in [-0.05, 0) is 25.2 Å². The van der Waals surface area contributed by atoms with Crippen LogP contribution in [-0.2, 0) is 4.79 Å². The minimum atomic E-state index is 0.255. The molecule has 0 saturated heterocycles. The second kappa shape index (κ2) is 4.99. The highest BCUT2D eigenvalue weighted by Crippen LogP contribution is 2.29.